The summed E-state index contributed by atoms with van der Waals surface area (Å²) in [6.45, 7) is 50.3. The van der Waals surface area contributed by atoms with Crippen LogP contribution < -0.4 is 47.9 Å². The van der Waals surface area contributed by atoms with Crippen LogP contribution in [0.15, 0.2) is 36.8 Å². The Labute approximate surface area is 820 Å². The van der Waals surface area contributed by atoms with E-state index in [-0.39, 0.29) is 121 Å². The van der Waals surface area contributed by atoms with Gasteiger partial charge >= 0.3 is 41.8 Å². The zero-order valence-corrected chi connectivity index (χ0v) is 85.6. The standard InChI is InChI=1S/C22H25FN4O2.C20H31N3O6.C16H23NO6.C15H23N3O4.C15H27N3O2.C13H21N3O/c1-3-24-8-10-27-9-4-5-18-20(22(27)29)13(2)19(25-18)12-16-15-11-14(23)6-7-17(15)26-21(16)28;1-7-28-18(26)16-12(2)17(19(27)29-20(4,5)6)23-14(16)8-9-15(25)22-11-10-21-13(3)24;1-6-22-14(20)12-9(2)13(15(21)23-16(3,4)5)17-10(12)7-8-11(18)19;1-4-22-15(21)14-10(2)9-18-12(14)5-6-13(20)17-8-7-16-11(3)19;1-4-16-9-10-17-8-6-7-13-14(12(3)11-18-13)15(19)20-5-2;1-3-14-6-8-16-7-4-5-11-12(13(16)17)10(2)9-15-11/h6-7,11-12,24-25H,3-5,8-10H2,1-2H3,(H,26,28);23H,7-11H2,1-6H3,(H,21,24)(H,22,25);17H,6-8H2,1-5H3,(H,18,19);9,18H,4-8H2,1-3H3,(H,16,19)(H,17,20);11,16-18H,4-10H2,1-3H3;9,14-15H,3-8H2,1-2H3/b16-12-;;;;;. The van der Waals surface area contributed by atoms with Gasteiger partial charge in [0.1, 0.15) is 28.4 Å². The molecule has 0 unspecified atom stereocenters. The summed E-state index contributed by atoms with van der Waals surface area (Å²) in [4.78, 5) is 189. The van der Waals surface area contributed by atoms with Crippen LogP contribution in [-0.4, -0.2) is 270 Å². The van der Waals surface area contributed by atoms with Crippen molar-refractivity contribution in [2.75, 3.05) is 136 Å². The maximum atomic E-state index is 13.7. The van der Waals surface area contributed by atoms with Crippen molar-refractivity contribution >= 4 is 100 Å². The molecule has 7 amide bonds. The molecule has 1 aromatic carbocycles. The predicted molar refractivity (Wildman–Crippen MR) is 531 cm³/mol. The molecule has 6 aromatic heterocycles. The number of aromatic amines is 6. The van der Waals surface area contributed by atoms with E-state index < -0.39 is 46.9 Å². The second-order valence-electron chi connectivity index (χ2n) is 35.3. The molecule has 140 heavy (non-hydrogen) atoms. The molecule has 3 aliphatic rings. The van der Waals surface area contributed by atoms with Gasteiger partial charge in [-0.15, -0.1) is 0 Å². The molecule has 9 heterocycles. The number of ether oxygens (including phenoxy) is 6. The Bertz CT molecular complexity index is 5360. The van der Waals surface area contributed by atoms with Gasteiger partial charge in [0.2, 0.25) is 23.6 Å². The Morgan fingerprint density at radius 3 is 1.32 bits per heavy atom. The number of hydrogen-bond donors (Lipinski definition) is 16. The van der Waals surface area contributed by atoms with Gasteiger partial charge in [0.05, 0.1) is 71.8 Å². The van der Waals surface area contributed by atoms with Gasteiger partial charge in [-0.25, -0.2) is 33.2 Å². The van der Waals surface area contributed by atoms with E-state index in [1.807, 2.05) is 63.7 Å². The third-order valence-corrected chi connectivity index (χ3v) is 21.9. The molecule has 0 fully saturated rings. The Hall–Kier alpha value is -13.0. The van der Waals surface area contributed by atoms with Crippen molar-refractivity contribution in [1.82, 2.24) is 82.2 Å². The molecule has 0 aliphatic carbocycles. The fourth-order valence-corrected chi connectivity index (χ4v) is 15.3. The lowest BCUT2D eigenvalue weighted by molar-refractivity contribution is -0.137. The molecule has 0 radical (unpaired) electrons. The minimum atomic E-state index is -0.995. The summed E-state index contributed by atoms with van der Waals surface area (Å²) in [5.74, 6) is -5.03. The number of esters is 6. The summed E-state index contributed by atoms with van der Waals surface area (Å²) in [5.41, 5.74) is 13.5. The average Bonchev–Trinajstić information content (AvgIpc) is 1.63. The molecule has 0 atom stereocenters. The Morgan fingerprint density at radius 2 is 0.871 bits per heavy atom. The van der Waals surface area contributed by atoms with Gasteiger partial charge < -0.3 is 121 Å². The minimum Gasteiger partial charge on any atom is -0.481 e. The van der Waals surface area contributed by atoms with Gasteiger partial charge in [-0.2, -0.15) is 0 Å². The van der Waals surface area contributed by atoms with Gasteiger partial charge in [0.25, 0.3) is 17.7 Å². The number of halogens is 1. The summed E-state index contributed by atoms with van der Waals surface area (Å²) in [6.07, 6.45) is 13.7. The van der Waals surface area contributed by atoms with E-state index in [9.17, 15) is 71.5 Å². The highest BCUT2D eigenvalue weighted by Crippen LogP contribution is 2.36. The van der Waals surface area contributed by atoms with Crippen LogP contribution in [0.2, 0.25) is 0 Å². The second-order valence-corrected chi connectivity index (χ2v) is 35.3. The van der Waals surface area contributed by atoms with Crippen LogP contribution in [0.1, 0.15) is 304 Å². The number of carbonyl (C=O) groups is 14. The van der Waals surface area contributed by atoms with E-state index in [0.717, 1.165) is 161 Å². The molecule has 0 saturated carbocycles. The SMILES string of the molecule is CCNCCN1CCCc2[nH]c(/C=C3\C(=O)Nc4ccc(F)cc43)c(C)c2C1=O.CCNCCN1CCCc2[nH]cc(C)c2C1=O.CCNCCNCCCc1[nH]cc(C)c1C(=O)OCC.CCOC(=O)c1c(C)c[nH]c1CCC(=O)NCCNC(C)=O.CCOC(=O)c1c(CCC(=O)NCCNC(C)=O)[nH]c(C(=O)OC(C)(C)C)c1C.CCOC(=O)c1c(CCC(=O)O)[nH]c(C(=O)OC(C)(C)C)c1C. The molecular formula is C101H150FN17O21. The number of nitrogens with one attached hydrogen (secondary N) is 15. The van der Waals surface area contributed by atoms with Gasteiger partial charge in [-0.1, -0.05) is 20.8 Å². The maximum Gasteiger partial charge on any atom is 0.355 e. The van der Waals surface area contributed by atoms with E-state index in [1.54, 1.807) is 94.5 Å². The van der Waals surface area contributed by atoms with Crippen LogP contribution in [-0.2, 0) is 95.7 Å². The Kier molecular flexibility index (Phi) is 49.9. The quantitative estimate of drug-likeness (QED) is 0.00731. The molecule has 0 spiro atoms. The number of carboxylic acid groups (broad SMARTS) is 1. The fraction of sp³-hybridized carbons (Fsp3) is 0.545. The van der Waals surface area contributed by atoms with Crippen LogP contribution in [0.3, 0.4) is 0 Å². The van der Waals surface area contributed by atoms with Crippen LogP contribution in [0.5, 0.6) is 0 Å². The highest BCUT2D eigenvalue weighted by atomic mass is 19.1. The third-order valence-electron chi connectivity index (χ3n) is 21.9. The van der Waals surface area contributed by atoms with Gasteiger partial charge in [0.15, 0.2) is 0 Å². The number of likely N-dealkylation sites (N-methyl/N-ethyl adjacent to an activating group) is 3. The summed E-state index contributed by atoms with van der Waals surface area (Å²) in [7, 11) is 0. The Balaban J connectivity index is 0.000000299. The van der Waals surface area contributed by atoms with Gasteiger partial charge in [-0.05, 0) is 252 Å². The molecule has 3 aliphatic heterocycles. The summed E-state index contributed by atoms with van der Waals surface area (Å²) in [6, 6.07) is 4.24. The highest BCUT2D eigenvalue weighted by molar-refractivity contribution is 6.35. The first-order chi connectivity index (χ1) is 66.4. The number of fused-ring (bicyclic) bond motifs is 3. The normalized spacial score (nSPS) is 12.8. The zero-order valence-electron chi connectivity index (χ0n) is 85.6. The average molecular weight is 1960 g/mol. The first-order valence-corrected chi connectivity index (χ1v) is 48.2. The fourth-order valence-electron chi connectivity index (χ4n) is 15.3. The molecule has 772 valence electrons. The largest absolute Gasteiger partial charge is 0.481 e. The molecule has 10 rings (SSSR count). The lowest BCUT2D eigenvalue weighted by atomic mass is 10.0. The Morgan fingerprint density at radius 1 is 0.457 bits per heavy atom. The molecule has 0 saturated heterocycles. The third kappa shape index (κ3) is 38.0. The minimum absolute atomic E-state index is 0.0242. The molecular weight excluding hydrogens is 1810 g/mol. The van der Waals surface area contributed by atoms with Crippen LogP contribution in [0.4, 0.5) is 10.1 Å². The number of carbonyl (C=O) groups excluding carboxylic acids is 13. The van der Waals surface area contributed by atoms with Crippen molar-refractivity contribution in [3.05, 3.63) is 166 Å². The number of aliphatic carboxylic acids is 1. The molecule has 16 N–H and O–H groups in total. The van der Waals surface area contributed by atoms with Crippen molar-refractivity contribution in [2.45, 2.75) is 234 Å². The van der Waals surface area contributed by atoms with Crippen LogP contribution >= 0.6 is 0 Å². The van der Waals surface area contributed by atoms with Crippen molar-refractivity contribution < 1.29 is 105 Å². The van der Waals surface area contributed by atoms with Gasteiger partial charge in [0, 0.05) is 175 Å². The number of benzene rings is 1. The monoisotopic (exact) mass is 1960 g/mol. The molecule has 7 aromatic rings. The van der Waals surface area contributed by atoms with E-state index in [1.165, 1.54) is 26.0 Å². The van der Waals surface area contributed by atoms with Crippen molar-refractivity contribution in [2.24, 2.45) is 0 Å². The summed E-state index contributed by atoms with van der Waals surface area (Å²) in [5, 5.41) is 35.3. The number of nitrogens with zero attached hydrogens (tertiary/aromatic N) is 2. The summed E-state index contributed by atoms with van der Waals surface area (Å²) >= 11 is 0. The van der Waals surface area contributed by atoms with Crippen molar-refractivity contribution in [3.63, 3.8) is 0 Å². The zero-order chi connectivity index (χ0) is 104. The molecule has 39 heteroatoms. The number of hydrogen-bond acceptors (Lipinski definition) is 24. The number of amides is 7. The number of rotatable bonds is 42. The summed E-state index contributed by atoms with van der Waals surface area (Å²) < 4.78 is 44.6. The number of H-pyrrole nitrogens is 6. The topological polar surface area (TPSA) is 524 Å². The number of aromatic nitrogens is 6. The lowest BCUT2D eigenvalue weighted by Gasteiger charge is -2.21. The first kappa shape index (κ1) is 117. The van der Waals surface area contributed by atoms with E-state index >= 15 is 0 Å². The van der Waals surface area contributed by atoms with Crippen molar-refractivity contribution in [1.29, 1.82) is 0 Å². The van der Waals surface area contributed by atoms with E-state index in [2.05, 4.69) is 91.6 Å². The maximum absolute atomic E-state index is 13.7. The first-order valence-electron chi connectivity index (χ1n) is 48.2. The number of anilines is 1. The highest BCUT2D eigenvalue weighted by Gasteiger charge is 2.34. The molecule has 0 bridgehead atoms. The van der Waals surface area contributed by atoms with Gasteiger partial charge in [-0.3, -0.25) is 38.4 Å². The van der Waals surface area contributed by atoms with E-state index in [4.69, 9.17) is 33.5 Å². The van der Waals surface area contributed by atoms with Crippen LogP contribution in [0, 0.1) is 47.4 Å². The van der Waals surface area contributed by atoms with E-state index in [0.29, 0.717) is 114 Å². The number of carboxylic acids is 1. The smallest absolute Gasteiger partial charge is 0.355 e. The molecule has 38 nitrogen and oxygen atoms in total. The predicted octanol–water partition coefficient (Wildman–Crippen LogP) is 10.7. The lowest BCUT2D eigenvalue weighted by Crippen LogP contribution is -2.37. The van der Waals surface area contributed by atoms with Crippen molar-refractivity contribution in [3.8, 4) is 0 Å². The van der Waals surface area contributed by atoms with Crippen LogP contribution in [0.25, 0.3) is 11.6 Å². The second kappa shape index (κ2) is 59.4. The number of aryl methyl sites for hydroxylation is 9.